The molecule has 0 amide bonds. The third-order valence-electron chi connectivity index (χ3n) is 6.64. The lowest BCUT2D eigenvalue weighted by atomic mass is 10.0. The van der Waals surface area contributed by atoms with Crippen LogP contribution < -0.4 is 4.90 Å². The number of alkyl halides is 3. The predicted octanol–water partition coefficient (Wildman–Crippen LogP) is 4.07. The predicted molar refractivity (Wildman–Crippen MR) is 121 cm³/mol. The molecule has 0 saturated carbocycles. The molecule has 1 heterocycles. The molecule has 2 aliphatic rings. The molecule has 0 bridgehead atoms. The van der Waals surface area contributed by atoms with E-state index in [1.165, 1.54) is 24.3 Å². The molecule has 11 heteroatoms. The van der Waals surface area contributed by atoms with E-state index in [9.17, 15) is 35.9 Å². The summed E-state index contributed by atoms with van der Waals surface area (Å²) in [4.78, 5) is 14.9. The molecule has 1 aliphatic carbocycles. The summed E-state index contributed by atoms with van der Waals surface area (Å²) < 4.78 is 79.4. The van der Waals surface area contributed by atoms with Crippen molar-refractivity contribution in [3.63, 3.8) is 0 Å². The molecule has 4 rings (SSSR count). The van der Waals surface area contributed by atoms with Crippen LogP contribution in [0, 0.1) is 5.82 Å². The highest BCUT2D eigenvalue weighted by atomic mass is 32.2. The number of nitrogens with zero attached hydrogens (tertiary/aromatic N) is 2. The van der Waals surface area contributed by atoms with Crippen LogP contribution in [-0.2, 0) is 27.2 Å². The lowest BCUT2D eigenvalue weighted by Gasteiger charge is -2.39. The maximum atomic E-state index is 14.0. The van der Waals surface area contributed by atoms with Gasteiger partial charge in [0.05, 0.1) is 16.4 Å². The maximum absolute atomic E-state index is 14.0. The highest BCUT2D eigenvalue weighted by Gasteiger charge is 2.37. The van der Waals surface area contributed by atoms with Crippen LogP contribution in [0.5, 0.6) is 0 Å². The number of carboxylic acids is 1. The number of anilines is 1. The van der Waals surface area contributed by atoms with Crippen LogP contribution >= 0.6 is 0 Å². The van der Waals surface area contributed by atoms with Crippen LogP contribution in [0.1, 0.15) is 29.0 Å². The second-order valence-corrected chi connectivity index (χ2v) is 10.7. The summed E-state index contributed by atoms with van der Waals surface area (Å²) in [5.41, 5.74) is 0.281. The van der Waals surface area contributed by atoms with Gasteiger partial charge in [0.1, 0.15) is 11.2 Å². The number of sulfone groups is 1. The number of benzene rings is 2. The third-order valence-corrected chi connectivity index (χ3v) is 8.68. The Morgan fingerprint density at radius 3 is 2.37 bits per heavy atom. The molecule has 0 aromatic heterocycles. The first kappa shape index (κ1) is 25.2. The van der Waals surface area contributed by atoms with E-state index >= 15 is 0 Å². The Hall–Kier alpha value is -2.92. The van der Waals surface area contributed by atoms with Crippen LogP contribution in [0.2, 0.25) is 0 Å². The first-order chi connectivity index (χ1) is 16.4. The van der Waals surface area contributed by atoms with Crippen molar-refractivity contribution in [3.8, 4) is 0 Å². The average Bonchev–Trinajstić information content (AvgIpc) is 3.22. The smallest absolute Gasteiger partial charge is 0.419 e. The molecule has 2 atom stereocenters. The van der Waals surface area contributed by atoms with E-state index in [0.29, 0.717) is 24.5 Å². The normalized spacial score (nSPS) is 19.9. The number of piperazine rings is 1. The van der Waals surface area contributed by atoms with Crippen LogP contribution in [0.3, 0.4) is 0 Å². The molecule has 0 spiro atoms. The number of aryl methyl sites for hydroxylation is 1. The highest BCUT2D eigenvalue weighted by Crippen LogP contribution is 2.36. The largest absolute Gasteiger partial charge is 0.481 e. The fourth-order valence-corrected chi connectivity index (χ4v) is 6.48. The molecular weight excluding hydrogens is 488 g/mol. The monoisotopic (exact) mass is 512 g/mol. The summed E-state index contributed by atoms with van der Waals surface area (Å²) in [6, 6.07) is 7.31. The van der Waals surface area contributed by atoms with Gasteiger partial charge < -0.3 is 10.0 Å². The van der Waals surface area contributed by atoms with Crippen LogP contribution in [0.15, 0.2) is 53.9 Å². The second kappa shape index (κ2) is 9.27. The zero-order chi connectivity index (χ0) is 25.5. The van der Waals surface area contributed by atoms with Gasteiger partial charge in [-0.15, -0.1) is 6.58 Å². The van der Waals surface area contributed by atoms with Gasteiger partial charge in [0.25, 0.3) is 0 Å². The van der Waals surface area contributed by atoms with Crippen molar-refractivity contribution >= 4 is 21.5 Å². The van der Waals surface area contributed by atoms with Crippen LogP contribution in [0.25, 0.3) is 0 Å². The third kappa shape index (κ3) is 4.79. The number of carbonyl (C=O) groups is 1. The summed E-state index contributed by atoms with van der Waals surface area (Å²) in [7, 11) is -3.92. The summed E-state index contributed by atoms with van der Waals surface area (Å²) in [5.74, 6) is -3.09. The van der Waals surface area contributed by atoms with Crippen LogP contribution in [-0.4, -0.2) is 55.9 Å². The second-order valence-electron chi connectivity index (χ2n) is 8.65. The highest BCUT2D eigenvalue weighted by molar-refractivity contribution is 7.92. The van der Waals surface area contributed by atoms with Gasteiger partial charge in [-0.3, -0.25) is 9.69 Å². The number of rotatable bonds is 6. The standard InChI is InChI=1S/C24H24F4N2O4S/c1-2-22(35(33,34)17-6-3-15-4-7-18(23(31)32)19(15)14-17)30-11-9-29(10-12-30)16-5-8-20(21(25)13-16)24(26,27)28/h2-3,5-6,8,13-14,18,22H,1,4,7,9-12H2,(H,31,32). The zero-order valence-electron chi connectivity index (χ0n) is 18.6. The van der Waals surface area contributed by atoms with Gasteiger partial charge in [0.2, 0.25) is 0 Å². The molecule has 2 aromatic carbocycles. The molecule has 2 unspecified atom stereocenters. The topological polar surface area (TPSA) is 77.9 Å². The van der Waals surface area contributed by atoms with Gasteiger partial charge in [-0.05, 0) is 54.3 Å². The van der Waals surface area contributed by atoms with Crippen LogP contribution in [0.4, 0.5) is 23.2 Å². The van der Waals surface area contributed by atoms with Gasteiger partial charge in [-0.2, -0.15) is 13.2 Å². The van der Waals surface area contributed by atoms with E-state index in [1.54, 1.807) is 15.9 Å². The van der Waals surface area contributed by atoms with E-state index in [-0.39, 0.29) is 36.8 Å². The zero-order valence-corrected chi connectivity index (χ0v) is 19.4. The van der Waals surface area contributed by atoms with Crippen molar-refractivity contribution in [3.05, 3.63) is 71.6 Å². The van der Waals surface area contributed by atoms with Gasteiger partial charge in [-0.25, -0.2) is 12.8 Å². The van der Waals surface area contributed by atoms with Crippen molar-refractivity contribution in [2.24, 2.45) is 0 Å². The number of hydrogen-bond donors (Lipinski definition) is 1. The molecule has 2 aromatic rings. The molecule has 1 saturated heterocycles. The SMILES string of the molecule is C=CC(N1CCN(c2ccc(C(F)(F)F)c(F)c2)CC1)S(=O)(=O)c1ccc2c(c1)C(C(=O)O)CC2. The van der Waals surface area contributed by atoms with Gasteiger partial charge in [0, 0.05) is 31.9 Å². The molecule has 6 nitrogen and oxygen atoms in total. The Kier molecular flexibility index (Phi) is 6.67. The van der Waals surface area contributed by atoms with Crippen molar-refractivity contribution in [2.45, 2.75) is 35.2 Å². The maximum Gasteiger partial charge on any atom is 0.419 e. The number of aliphatic carboxylic acids is 1. The number of fused-ring (bicyclic) bond motifs is 1. The molecule has 1 aliphatic heterocycles. The Bertz CT molecular complexity index is 1250. The fraction of sp³-hybridized carbons (Fsp3) is 0.375. The quantitative estimate of drug-likeness (QED) is 0.465. The summed E-state index contributed by atoms with van der Waals surface area (Å²) >= 11 is 0. The first-order valence-electron chi connectivity index (χ1n) is 11.0. The van der Waals surface area contributed by atoms with Gasteiger partial charge in [0.15, 0.2) is 9.84 Å². The molecule has 1 fully saturated rings. The van der Waals surface area contributed by atoms with E-state index in [0.717, 1.165) is 11.6 Å². The van der Waals surface area contributed by atoms with Gasteiger partial charge in [-0.1, -0.05) is 12.1 Å². The van der Waals surface area contributed by atoms with E-state index in [2.05, 4.69) is 6.58 Å². The molecule has 1 N–H and O–H groups in total. The van der Waals surface area contributed by atoms with E-state index in [4.69, 9.17) is 0 Å². The van der Waals surface area contributed by atoms with Gasteiger partial charge >= 0.3 is 12.1 Å². The Balaban J connectivity index is 1.50. The lowest BCUT2D eigenvalue weighted by Crippen LogP contribution is -2.52. The van der Waals surface area contributed by atoms with Crippen molar-refractivity contribution in [2.75, 3.05) is 31.1 Å². The summed E-state index contributed by atoms with van der Waals surface area (Å²) in [5, 5.41) is 8.37. The van der Waals surface area contributed by atoms with Crippen molar-refractivity contribution in [1.29, 1.82) is 0 Å². The summed E-state index contributed by atoms with van der Waals surface area (Å²) in [6.07, 6.45) is -2.48. The first-order valence-corrected chi connectivity index (χ1v) is 12.6. The Morgan fingerprint density at radius 1 is 1.11 bits per heavy atom. The molecule has 35 heavy (non-hydrogen) atoms. The van der Waals surface area contributed by atoms with E-state index in [1.807, 2.05) is 0 Å². The number of carboxylic acid groups (broad SMARTS) is 1. The minimum Gasteiger partial charge on any atom is -0.481 e. The Morgan fingerprint density at radius 2 is 1.80 bits per heavy atom. The van der Waals surface area contributed by atoms with Crippen molar-refractivity contribution in [1.82, 2.24) is 4.90 Å². The van der Waals surface area contributed by atoms with E-state index < -0.39 is 44.7 Å². The molecular formula is C24H24F4N2O4S. The number of halogens is 4. The lowest BCUT2D eigenvalue weighted by molar-refractivity contribution is -0.140. The summed E-state index contributed by atoms with van der Waals surface area (Å²) in [6.45, 7) is 4.73. The number of hydrogen-bond acceptors (Lipinski definition) is 5. The fourth-order valence-electron chi connectivity index (χ4n) is 4.79. The van der Waals surface area contributed by atoms with Crippen molar-refractivity contribution < 1.29 is 35.9 Å². The molecule has 0 radical (unpaired) electrons. The minimum absolute atomic E-state index is 0.0153. The Labute approximate surface area is 200 Å². The average molecular weight is 513 g/mol. The minimum atomic E-state index is -4.78. The molecule has 188 valence electrons.